The minimum Gasteiger partial charge on any atom is -0.477 e. The minimum absolute atomic E-state index is 0.0138. The van der Waals surface area contributed by atoms with Crippen molar-refractivity contribution in [3.05, 3.63) is 57.8 Å². The van der Waals surface area contributed by atoms with Crippen LogP contribution in [0.2, 0.25) is 0 Å². The number of aliphatic carboxylic acids is 1. The van der Waals surface area contributed by atoms with Gasteiger partial charge in [-0.1, -0.05) is 30.3 Å². The predicted molar refractivity (Wildman–Crippen MR) is 117 cm³/mol. The van der Waals surface area contributed by atoms with Gasteiger partial charge in [-0.2, -0.15) is 0 Å². The molecule has 4 rings (SSSR count). The highest BCUT2D eigenvalue weighted by Crippen LogP contribution is 2.35. The second-order valence-corrected chi connectivity index (χ2v) is 8.45. The molecule has 0 unspecified atom stereocenters. The lowest BCUT2D eigenvalue weighted by atomic mass is 9.86. The lowest BCUT2D eigenvalue weighted by molar-refractivity contribution is -0.129. The van der Waals surface area contributed by atoms with E-state index in [9.17, 15) is 9.59 Å². The maximum atomic E-state index is 12.5. The molecule has 0 aliphatic carbocycles. The molecule has 30 heavy (non-hydrogen) atoms. The van der Waals surface area contributed by atoms with E-state index >= 15 is 0 Å². The van der Waals surface area contributed by atoms with Crippen LogP contribution in [0.1, 0.15) is 47.0 Å². The number of carboxylic acid groups (broad SMARTS) is 1. The third kappa shape index (κ3) is 5.25. The Bertz CT molecular complexity index is 886. The van der Waals surface area contributed by atoms with Crippen molar-refractivity contribution in [2.45, 2.75) is 44.8 Å². The van der Waals surface area contributed by atoms with Crippen LogP contribution in [0.4, 0.5) is 0 Å². The molecule has 0 saturated carbocycles. The smallest absolute Gasteiger partial charge is 0.353 e. The molecule has 3 N–H and O–H groups in total. The molecule has 0 bridgehead atoms. The number of nitrogens with zero attached hydrogens (tertiary/aromatic N) is 2. The summed E-state index contributed by atoms with van der Waals surface area (Å²) in [4.78, 5) is 31.9. The van der Waals surface area contributed by atoms with E-state index in [-0.39, 0.29) is 11.6 Å². The van der Waals surface area contributed by atoms with Gasteiger partial charge < -0.3 is 20.6 Å². The fourth-order valence-electron chi connectivity index (χ4n) is 3.52. The molecular formula is C22H27N3O4S. The topological polar surface area (TPSA) is 105 Å². The largest absolute Gasteiger partial charge is 0.477 e. The van der Waals surface area contributed by atoms with Gasteiger partial charge in [0.2, 0.25) is 0 Å². The number of nitrogens with two attached hydrogens (primary N) is 1. The number of oxime groups is 1. The van der Waals surface area contributed by atoms with Crippen LogP contribution in [-0.2, 0) is 22.6 Å². The van der Waals surface area contributed by atoms with Gasteiger partial charge in [-0.25, -0.2) is 4.79 Å². The maximum absolute atomic E-state index is 12.5. The molecule has 1 aromatic heterocycles. The number of carboxylic acids is 1. The van der Waals surface area contributed by atoms with Crippen LogP contribution >= 0.6 is 11.3 Å². The van der Waals surface area contributed by atoms with E-state index in [0.29, 0.717) is 44.5 Å². The summed E-state index contributed by atoms with van der Waals surface area (Å²) in [5, 5.41) is 14.7. The van der Waals surface area contributed by atoms with E-state index in [0.717, 1.165) is 6.42 Å². The first-order valence-corrected chi connectivity index (χ1v) is 10.9. The number of piperidine rings is 1. The molecule has 1 aromatic carbocycles. The fourth-order valence-corrected chi connectivity index (χ4v) is 4.10. The Kier molecular flexibility index (Phi) is 7.23. The molecule has 8 heteroatoms. The van der Waals surface area contributed by atoms with Crippen LogP contribution in [0.25, 0.3) is 0 Å². The Morgan fingerprint density at radius 3 is 2.40 bits per heavy atom. The Balaban J connectivity index is 0.000000310. The minimum atomic E-state index is -1.03. The molecule has 1 amide bonds. The SMILES string of the molecule is CCc1ccc(C(=O)N2CCC3(CC2)CC(C(=O)O)=NO3)cc1.NCc1cccs1. The third-order valence-electron chi connectivity index (χ3n) is 5.44. The zero-order valence-electron chi connectivity index (χ0n) is 17.0. The van der Waals surface area contributed by atoms with Gasteiger partial charge in [0.25, 0.3) is 5.91 Å². The molecule has 1 fully saturated rings. The summed E-state index contributed by atoms with van der Waals surface area (Å²) in [6.45, 7) is 3.86. The molecule has 2 aliphatic heterocycles. The normalized spacial score (nSPS) is 17.0. The average Bonchev–Trinajstić information content (AvgIpc) is 3.45. The highest BCUT2D eigenvalue weighted by atomic mass is 32.1. The first kappa shape index (κ1) is 22.0. The quantitative estimate of drug-likeness (QED) is 0.776. The van der Waals surface area contributed by atoms with Gasteiger partial charge in [0.15, 0.2) is 5.71 Å². The van der Waals surface area contributed by atoms with Crippen LogP contribution in [0.15, 0.2) is 46.9 Å². The van der Waals surface area contributed by atoms with E-state index in [1.54, 1.807) is 16.2 Å². The highest BCUT2D eigenvalue weighted by Gasteiger charge is 2.44. The first-order valence-electron chi connectivity index (χ1n) is 10.1. The molecule has 3 heterocycles. The molecule has 160 valence electrons. The number of thiophene rings is 1. The fraction of sp³-hybridized carbons (Fsp3) is 0.409. The van der Waals surface area contributed by atoms with E-state index in [1.165, 1.54) is 10.4 Å². The summed E-state index contributed by atoms with van der Waals surface area (Å²) >= 11 is 1.70. The number of likely N-dealkylation sites (tertiary alicyclic amines) is 1. The number of aryl methyl sites for hydroxylation is 1. The molecule has 7 nitrogen and oxygen atoms in total. The van der Waals surface area contributed by atoms with Crippen molar-refractivity contribution >= 4 is 28.9 Å². The zero-order valence-corrected chi connectivity index (χ0v) is 17.9. The summed E-state index contributed by atoms with van der Waals surface area (Å²) in [6, 6.07) is 11.7. The van der Waals surface area contributed by atoms with E-state index < -0.39 is 11.6 Å². The number of carbonyl (C=O) groups excluding carboxylic acids is 1. The molecular weight excluding hydrogens is 402 g/mol. The first-order chi connectivity index (χ1) is 14.5. The molecule has 2 aromatic rings. The van der Waals surface area contributed by atoms with Gasteiger partial charge in [0.05, 0.1) is 0 Å². The molecule has 2 aliphatic rings. The second kappa shape index (κ2) is 9.86. The lowest BCUT2D eigenvalue weighted by Crippen LogP contribution is -2.47. The van der Waals surface area contributed by atoms with Crippen molar-refractivity contribution in [3.63, 3.8) is 0 Å². The second-order valence-electron chi connectivity index (χ2n) is 7.42. The van der Waals surface area contributed by atoms with E-state index in [1.807, 2.05) is 41.8 Å². The van der Waals surface area contributed by atoms with Crippen molar-refractivity contribution in [1.29, 1.82) is 0 Å². The summed E-state index contributed by atoms with van der Waals surface area (Å²) in [7, 11) is 0. The summed E-state index contributed by atoms with van der Waals surface area (Å²) in [5.41, 5.74) is 6.72. The Morgan fingerprint density at radius 2 is 1.93 bits per heavy atom. The van der Waals surface area contributed by atoms with Crippen LogP contribution in [0.5, 0.6) is 0 Å². The summed E-state index contributed by atoms with van der Waals surface area (Å²) < 4.78 is 0. The molecule has 1 spiro atoms. The molecule has 1 saturated heterocycles. The monoisotopic (exact) mass is 429 g/mol. The van der Waals surface area contributed by atoms with Gasteiger partial charge >= 0.3 is 5.97 Å². The lowest BCUT2D eigenvalue weighted by Gasteiger charge is -2.37. The van der Waals surface area contributed by atoms with Gasteiger partial charge in [-0.15, -0.1) is 11.3 Å². The molecule has 0 radical (unpaired) electrons. The number of rotatable bonds is 4. The number of carbonyl (C=O) groups is 2. The van der Waals surface area contributed by atoms with Gasteiger partial charge in [0.1, 0.15) is 5.60 Å². The highest BCUT2D eigenvalue weighted by molar-refractivity contribution is 7.09. The average molecular weight is 430 g/mol. The van der Waals surface area contributed by atoms with Gasteiger partial charge in [-0.05, 0) is 35.6 Å². The van der Waals surface area contributed by atoms with Gasteiger partial charge in [0, 0.05) is 49.3 Å². The van der Waals surface area contributed by atoms with Crippen LogP contribution in [0, 0.1) is 0 Å². The van der Waals surface area contributed by atoms with Crippen molar-refractivity contribution in [3.8, 4) is 0 Å². The van der Waals surface area contributed by atoms with Crippen molar-refractivity contribution in [2.24, 2.45) is 10.9 Å². The number of hydrogen-bond donors (Lipinski definition) is 2. The Labute approximate surface area is 180 Å². The van der Waals surface area contributed by atoms with Crippen molar-refractivity contribution in [2.75, 3.05) is 13.1 Å². The van der Waals surface area contributed by atoms with Crippen LogP contribution < -0.4 is 5.73 Å². The third-order valence-corrected chi connectivity index (χ3v) is 6.34. The van der Waals surface area contributed by atoms with Crippen LogP contribution in [0.3, 0.4) is 0 Å². The number of hydrogen-bond acceptors (Lipinski definition) is 6. The zero-order chi connectivity index (χ0) is 21.6. The van der Waals surface area contributed by atoms with Crippen molar-refractivity contribution in [1.82, 2.24) is 4.90 Å². The standard InChI is InChI=1S/C17H20N2O4.C5H7NS/c1-2-12-3-5-13(6-4-12)15(20)19-9-7-17(8-10-19)11-14(16(21)22)18-23-17;6-4-5-2-1-3-7-5/h3-6H,2,7-11H2,1H3,(H,21,22);1-3H,4,6H2. The maximum Gasteiger partial charge on any atom is 0.353 e. The number of amides is 1. The summed E-state index contributed by atoms with van der Waals surface area (Å²) in [5.74, 6) is -1.02. The van der Waals surface area contributed by atoms with E-state index in [4.69, 9.17) is 15.7 Å². The Hall–Kier alpha value is -2.71. The molecule has 0 atom stereocenters. The summed E-state index contributed by atoms with van der Waals surface area (Å²) in [6.07, 6.45) is 2.47. The van der Waals surface area contributed by atoms with Gasteiger partial charge in [-0.3, -0.25) is 4.79 Å². The van der Waals surface area contributed by atoms with Crippen LogP contribution in [-0.4, -0.2) is 46.3 Å². The Morgan fingerprint density at radius 1 is 1.23 bits per heavy atom. The predicted octanol–water partition coefficient (Wildman–Crippen LogP) is 3.29. The number of benzene rings is 1. The van der Waals surface area contributed by atoms with E-state index in [2.05, 4.69) is 12.1 Å². The van der Waals surface area contributed by atoms with Crippen molar-refractivity contribution < 1.29 is 19.5 Å².